The van der Waals surface area contributed by atoms with Gasteiger partial charge in [0, 0.05) is 7.21 Å². The van der Waals surface area contributed by atoms with Crippen molar-refractivity contribution < 1.29 is 0 Å². The Morgan fingerprint density at radius 1 is 1.60 bits per heavy atom. The molecule has 3 heteroatoms. The highest BCUT2D eigenvalue weighted by Gasteiger charge is 1.82. The average Bonchev–Trinajstić information content (AvgIpc) is 0.722. The molecule has 2 nitrogen and oxygen atoms in total. The van der Waals surface area contributed by atoms with E-state index in [-0.39, 0.29) is 0 Å². The lowest BCUT2D eigenvalue weighted by molar-refractivity contribution is 1.54. The minimum Gasteiger partial charge on any atom is -0.304 e. The van der Waals surface area contributed by atoms with E-state index in [0.29, 0.717) is 0 Å². The highest BCUT2D eigenvalue weighted by Crippen LogP contribution is 2.23. The second-order valence-corrected chi connectivity index (χ2v) is 4.62. The Labute approximate surface area is 32.3 Å². The van der Waals surface area contributed by atoms with E-state index < -0.39 is 7.21 Å². The molecule has 5 heavy (non-hydrogen) atoms. The van der Waals surface area contributed by atoms with Crippen molar-refractivity contribution in [2.24, 2.45) is 5.50 Å². The number of hydrogen-bond donors (Lipinski definition) is 2. The van der Waals surface area contributed by atoms with E-state index in [0.717, 1.165) is 0 Å². The van der Waals surface area contributed by atoms with Crippen LogP contribution in [0.1, 0.15) is 0 Å². The lowest BCUT2D eigenvalue weighted by Crippen LogP contribution is -1.84. The molecular weight excluding hydrogens is 83.0 g/mol. The summed E-state index contributed by atoms with van der Waals surface area (Å²) >= 11 is 0. The quantitative estimate of drug-likeness (QED) is 0.428. The van der Waals surface area contributed by atoms with Gasteiger partial charge in [0.1, 0.15) is 0 Å². The third-order valence-corrected chi connectivity index (χ3v) is 0. The Morgan fingerprint density at radius 2 is 1.60 bits per heavy atom. The van der Waals surface area contributed by atoms with Crippen molar-refractivity contribution in [2.45, 2.75) is 0 Å². The van der Waals surface area contributed by atoms with Crippen molar-refractivity contribution in [3.05, 3.63) is 0 Å². The third-order valence-electron chi connectivity index (χ3n) is 0. The summed E-state index contributed by atoms with van der Waals surface area (Å²) in [5, 5.41) is 6.83. The van der Waals surface area contributed by atoms with Crippen LogP contribution in [0, 0.1) is 5.16 Å². The van der Waals surface area contributed by atoms with Gasteiger partial charge in [-0.25, -0.2) is 0 Å². The summed E-state index contributed by atoms with van der Waals surface area (Å²) in [4.78, 5) is 0. The van der Waals surface area contributed by atoms with Gasteiger partial charge in [-0.3, -0.25) is 5.50 Å². The topological polar surface area (TPSA) is 49.9 Å². The lowest BCUT2D eigenvalue weighted by atomic mass is 11.9. The first-order valence-electron chi connectivity index (χ1n) is 1.38. The molecule has 0 aromatic carbocycles. The van der Waals surface area contributed by atoms with Crippen LogP contribution in [-0.2, 0) is 0 Å². The minimum absolute atomic E-state index is 1.64. The van der Waals surface area contributed by atoms with Crippen molar-refractivity contribution in [1.29, 1.82) is 5.16 Å². The van der Waals surface area contributed by atoms with E-state index >= 15 is 0 Å². The van der Waals surface area contributed by atoms with E-state index in [2.05, 4.69) is 0 Å². The number of nitrogens with one attached hydrogen (secondary N) is 1. The molecule has 0 unspecified atom stereocenters. The van der Waals surface area contributed by atoms with Gasteiger partial charge in [-0.05, 0) is 13.3 Å². The Balaban J connectivity index is 3.47. The standard InChI is InChI=1S/C2H9N2P/c1-5(2,3)4/h1-2H3,(H3,3,4). The zero-order valence-corrected chi connectivity index (χ0v) is 4.42. The van der Waals surface area contributed by atoms with E-state index in [4.69, 9.17) is 10.7 Å². The maximum Gasteiger partial charge on any atom is 0.0177 e. The molecule has 0 saturated carbocycles. The predicted molar refractivity (Wildman–Crippen MR) is 25.7 cm³/mol. The maximum atomic E-state index is 6.83. The van der Waals surface area contributed by atoms with Gasteiger partial charge in [0.05, 0.1) is 0 Å². The SMILES string of the molecule is CP(C)(=N)N. The largest absolute Gasteiger partial charge is 0.304 e. The van der Waals surface area contributed by atoms with Gasteiger partial charge in [0.25, 0.3) is 0 Å². The van der Waals surface area contributed by atoms with E-state index in [1.165, 1.54) is 0 Å². The monoisotopic (exact) mass is 92.1 g/mol. The van der Waals surface area contributed by atoms with Crippen LogP contribution in [0.25, 0.3) is 0 Å². The van der Waals surface area contributed by atoms with E-state index in [1.54, 1.807) is 13.3 Å². The zero-order valence-electron chi connectivity index (χ0n) is 3.52. The van der Waals surface area contributed by atoms with Crippen LogP contribution >= 0.6 is 7.21 Å². The zero-order chi connectivity index (χ0) is 4.50. The van der Waals surface area contributed by atoms with Crippen molar-refractivity contribution in [2.75, 3.05) is 13.3 Å². The Bertz CT molecular complexity index is 53.8. The second kappa shape index (κ2) is 1.11. The molecule has 0 atom stereocenters. The summed E-state index contributed by atoms with van der Waals surface area (Å²) in [7, 11) is -1.64. The van der Waals surface area contributed by atoms with Crippen LogP contribution < -0.4 is 5.50 Å². The molecule has 0 aromatic rings. The molecule has 0 radical (unpaired) electrons. The molecule has 0 spiro atoms. The Kier molecular flexibility index (Phi) is 1.16. The number of hydrogen-bond acceptors (Lipinski definition) is 1. The van der Waals surface area contributed by atoms with Crippen LogP contribution in [0.15, 0.2) is 0 Å². The normalized spacial score (nSPS) is 11.8. The number of rotatable bonds is 0. The Morgan fingerprint density at radius 3 is 1.60 bits per heavy atom. The molecule has 0 amide bonds. The second-order valence-electron chi connectivity index (χ2n) is 1.54. The molecular formula is C2H9N2P. The first-order chi connectivity index (χ1) is 2.00. The first kappa shape index (κ1) is 5.19. The molecule has 0 heterocycles. The summed E-state index contributed by atoms with van der Waals surface area (Å²) in [5.74, 6) is 0. The fourth-order valence-corrected chi connectivity index (χ4v) is 0. The van der Waals surface area contributed by atoms with Crippen molar-refractivity contribution in [3.63, 3.8) is 0 Å². The summed E-state index contributed by atoms with van der Waals surface area (Å²) in [6, 6.07) is 0. The predicted octanol–water partition coefficient (Wildman–Crippen LogP) is 0.900. The Hall–Kier alpha value is 0.190. The van der Waals surface area contributed by atoms with Gasteiger partial charge < -0.3 is 5.16 Å². The third kappa shape index (κ3) is 557. The van der Waals surface area contributed by atoms with E-state index in [9.17, 15) is 0 Å². The van der Waals surface area contributed by atoms with Crippen LogP contribution in [0.4, 0.5) is 0 Å². The molecule has 0 bridgehead atoms. The van der Waals surface area contributed by atoms with Gasteiger partial charge in [0.2, 0.25) is 0 Å². The highest BCUT2D eigenvalue weighted by atomic mass is 31.2. The molecule has 0 saturated heterocycles. The summed E-state index contributed by atoms with van der Waals surface area (Å²) in [5.41, 5.74) is 5.13. The van der Waals surface area contributed by atoms with Crippen molar-refractivity contribution in [1.82, 2.24) is 0 Å². The van der Waals surface area contributed by atoms with Crippen LogP contribution in [0.5, 0.6) is 0 Å². The van der Waals surface area contributed by atoms with Gasteiger partial charge in [-0.15, -0.1) is 0 Å². The van der Waals surface area contributed by atoms with Crippen LogP contribution in [0.3, 0.4) is 0 Å². The van der Waals surface area contributed by atoms with E-state index in [1.807, 2.05) is 0 Å². The lowest BCUT2D eigenvalue weighted by Gasteiger charge is -1.94. The van der Waals surface area contributed by atoms with Gasteiger partial charge >= 0.3 is 0 Å². The van der Waals surface area contributed by atoms with Gasteiger partial charge in [0.15, 0.2) is 0 Å². The summed E-state index contributed by atoms with van der Waals surface area (Å²) in [6.45, 7) is 3.49. The molecule has 32 valence electrons. The molecule has 0 aliphatic heterocycles. The molecule has 0 rings (SSSR count). The minimum atomic E-state index is -1.64. The average molecular weight is 92.1 g/mol. The van der Waals surface area contributed by atoms with Crippen LogP contribution in [0.2, 0.25) is 0 Å². The first-order valence-corrected chi connectivity index (χ1v) is 4.13. The number of nitrogens with two attached hydrogens (primary N) is 1. The molecule has 3 N–H and O–H groups in total. The van der Waals surface area contributed by atoms with Gasteiger partial charge in [-0.1, -0.05) is 0 Å². The summed E-state index contributed by atoms with van der Waals surface area (Å²) in [6.07, 6.45) is 0. The van der Waals surface area contributed by atoms with Crippen LogP contribution in [-0.4, -0.2) is 13.3 Å². The molecule has 0 aliphatic carbocycles. The highest BCUT2D eigenvalue weighted by molar-refractivity contribution is 7.61. The molecule has 0 fully saturated rings. The smallest absolute Gasteiger partial charge is 0.0177 e. The van der Waals surface area contributed by atoms with Crippen molar-refractivity contribution >= 4 is 7.21 Å². The maximum absolute atomic E-state index is 6.83. The molecule has 0 aliphatic rings. The summed E-state index contributed by atoms with van der Waals surface area (Å²) < 4.78 is 0. The molecule has 0 aromatic heterocycles. The van der Waals surface area contributed by atoms with Crippen molar-refractivity contribution in [3.8, 4) is 0 Å². The fourth-order valence-electron chi connectivity index (χ4n) is 0. The fraction of sp³-hybridized carbons (Fsp3) is 1.00. The van der Waals surface area contributed by atoms with Gasteiger partial charge in [-0.2, -0.15) is 0 Å².